The molecule has 4 nitrogen and oxygen atoms in total. The lowest BCUT2D eigenvalue weighted by molar-refractivity contribution is 0.533. The lowest BCUT2D eigenvalue weighted by atomic mass is 10.1. The highest BCUT2D eigenvalue weighted by molar-refractivity contribution is 5.66. The molecule has 4 heteroatoms. The molecule has 17 heavy (non-hydrogen) atoms. The maximum atomic E-state index is 6.15. The lowest BCUT2D eigenvalue weighted by Gasteiger charge is -2.27. The van der Waals surface area contributed by atoms with E-state index in [1.54, 1.807) is 0 Å². The van der Waals surface area contributed by atoms with E-state index in [-0.39, 0.29) is 0 Å². The molecule has 1 unspecified atom stereocenters. The summed E-state index contributed by atoms with van der Waals surface area (Å²) in [7, 11) is 0. The Morgan fingerprint density at radius 2 is 2.00 bits per heavy atom. The number of aromatic nitrogens is 2. The van der Waals surface area contributed by atoms with E-state index in [9.17, 15) is 0 Å². The Hall–Kier alpha value is -1.19. The monoisotopic (exact) mass is 238 g/mol. The van der Waals surface area contributed by atoms with Gasteiger partial charge in [0.2, 0.25) is 0 Å². The second kappa shape index (κ2) is 5.94. The first-order valence-electron chi connectivity index (χ1n) is 6.62. The van der Waals surface area contributed by atoms with Gasteiger partial charge in [-0.2, -0.15) is 5.10 Å². The zero-order valence-corrected chi connectivity index (χ0v) is 11.8. The molecule has 0 radical (unpaired) electrons. The van der Waals surface area contributed by atoms with Crippen LogP contribution in [0.5, 0.6) is 0 Å². The fourth-order valence-electron chi connectivity index (χ4n) is 2.01. The van der Waals surface area contributed by atoms with Crippen LogP contribution in [0.4, 0.5) is 11.5 Å². The predicted octanol–water partition coefficient (Wildman–Crippen LogP) is 2.67. The fraction of sp³-hybridized carbons (Fsp3) is 0.769. The van der Waals surface area contributed by atoms with Gasteiger partial charge >= 0.3 is 0 Å². The van der Waals surface area contributed by atoms with E-state index in [0.717, 1.165) is 36.8 Å². The molecule has 0 bridgehead atoms. The Kier molecular flexibility index (Phi) is 4.85. The van der Waals surface area contributed by atoms with E-state index >= 15 is 0 Å². The number of nitrogens with zero attached hydrogens (tertiary/aromatic N) is 3. The summed E-state index contributed by atoms with van der Waals surface area (Å²) in [5.74, 6) is 1.77. The molecule has 0 aliphatic carbocycles. The molecule has 1 rings (SSSR count). The zero-order chi connectivity index (χ0) is 13.0. The summed E-state index contributed by atoms with van der Waals surface area (Å²) in [6, 6.07) is 0. The average Bonchev–Trinajstić information content (AvgIpc) is 2.62. The van der Waals surface area contributed by atoms with E-state index in [1.165, 1.54) is 6.42 Å². The van der Waals surface area contributed by atoms with Gasteiger partial charge < -0.3 is 10.6 Å². The number of nitrogen functional groups attached to an aromatic ring is 1. The minimum absolute atomic E-state index is 0.676. The van der Waals surface area contributed by atoms with Gasteiger partial charge in [-0.05, 0) is 26.7 Å². The Morgan fingerprint density at radius 3 is 2.47 bits per heavy atom. The van der Waals surface area contributed by atoms with Crippen molar-refractivity contribution in [3.05, 3.63) is 5.69 Å². The highest BCUT2D eigenvalue weighted by atomic mass is 15.4. The van der Waals surface area contributed by atoms with Crippen LogP contribution in [0.2, 0.25) is 0 Å². The van der Waals surface area contributed by atoms with Crippen LogP contribution in [-0.2, 0) is 6.54 Å². The smallest absolute Gasteiger partial charge is 0.150 e. The summed E-state index contributed by atoms with van der Waals surface area (Å²) >= 11 is 0. The van der Waals surface area contributed by atoms with Crippen molar-refractivity contribution < 1.29 is 0 Å². The second-order valence-corrected chi connectivity index (χ2v) is 4.69. The van der Waals surface area contributed by atoms with Crippen molar-refractivity contribution in [3.63, 3.8) is 0 Å². The van der Waals surface area contributed by atoms with E-state index in [0.29, 0.717) is 5.92 Å². The number of rotatable bonds is 6. The van der Waals surface area contributed by atoms with Gasteiger partial charge in [-0.1, -0.05) is 20.3 Å². The first kappa shape index (κ1) is 13.9. The summed E-state index contributed by atoms with van der Waals surface area (Å²) in [4.78, 5) is 2.34. The van der Waals surface area contributed by atoms with E-state index in [4.69, 9.17) is 5.73 Å². The van der Waals surface area contributed by atoms with Crippen LogP contribution in [0.1, 0.15) is 39.8 Å². The molecule has 1 aromatic rings. The number of aryl methyl sites for hydroxylation is 2. The van der Waals surface area contributed by atoms with Crippen LogP contribution >= 0.6 is 0 Å². The normalized spacial score (nSPS) is 12.8. The van der Waals surface area contributed by atoms with Crippen LogP contribution in [-0.4, -0.2) is 22.9 Å². The minimum atomic E-state index is 0.676. The molecule has 1 heterocycles. The Bertz CT molecular complexity index is 357. The van der Waals surface area contributed by atoms with Crippen LogP contribution in [0.15, 0.2) is 0 Å². The molecule has 0 aliphatic rings. The van der Waals surface area contributed by atoms with Gasteiger partial charge in [0.25, 0.3) is 0 Å². The maximum Gasteiger partial charge on any atom is 0.150 e. The molecule has 0 spiro atoms. The second-order valence-electron chi connectivity index (χ2n) is 4.69. The Balaban J connectivity index is 3.02. The Morgan fingerprint density at radius 1 is 1.35 bits per heavy atom. The molecule has 0 saturated heterocycles. The van der Waals surface area contributed by atoms with Crippen molar-refractivity contribution in [3.8, 4) is 0 Å². The van der Waals surface area contributed by atoms with Crippen molar-refractivity contribution in [2.24, 2.45) is 5.92 Å². The third-order valence-corrected chi connectivity index (χ3v) is 3.36. The largest absolute Gasteiger partial charge is 0.394 e. The van der Waals surface area contributed by atoms with Crippen molar-refractivity contribution >= 4 is 11.5 Å². The molecule has 1 aromatic heterocycles. The Labute approximate surface area is 105 Å². The van der Waals surface area contributed by atoms with E-state index in [1.807, 2.05) is 11.6 Å². The molecule has 0 saturated carbocycles. The van der Waals surface area contributed by atoms with Crippen molar-refractivity contribution in [2.45, 2.75) is 47.6 Å². The summed E-state index contributed by atoms with van der Waals surface area (Å²) in [5, 5.41) is 4.48. The molecule has 0 amide bonds. The highest BCUT2D eigenvalue weighted by Crippen LogP contribution is 2.27. The first-order chi connectivity index (χ1) is 8.04. The molecule has 2 N–H and O–H groups in total. The predicted molar refractivity (Wildman–Crippen MR) is 74.4 cm³/mol. The van der Waals surface area contributed by atoms with Crippen molar-refractivity contribution in [1.29, 1.82) is 0 Å². The van der Waals surface area contributed by atoms with E-state index < -0.39 is 0 Å². The fourth-order valence-corrected chi connectivity index (χ4v) is 2.01. The molecule has 98 valence electrons. The number of nitrogens with two attached hydrogens (primary N) is 1. The zero-order valence-electron chi connectivity index (χ0n) is 11.8. The van der Waals surface area contributed by atoms with Gasteiger partial charge in [0.05, 0.1) is 11.4 Å². The quantitative estimate of drug-likeness (QED) is 0.829. The third-order valence-electron chi connectivity index (χ3n) is 3.36. The molecular weight excluding hydrogens is 212 g/mol. The summed E-state index contributed by atoms with van der Waals surface area (Å²) in [6.45, 7) is 13.6. The van der Waals surface area contributed by atoms with Crippen LogP contribution < -0.4 is 10.6 Å². The van der Waals surface area contributed by atoms with Gasteiger partial charge in [0.1, 0.15) is 0 Å². The maximum absolute atomic E-state index is 6.15. The lowest BCUT2D eigenvalue weighted by Crippen LogP contribution is -2.30. The van der Waals surface area contributed by atoms with Gasteiger partial charge in [-0.15, -0.1) is 0 Å². The summed E-state index contributed by atoms with van der Waals surface area (Å²) in [5.41, 5.74) is 7.91. The highest BCUT2D eigenvalue weighted by Gasteiger charge is 2.18. The minimum Gasteiger partial charge on any atom is -0.394 e. The number of hydrogen-bond donors (Lipinski definition) is 1. The van der Waals surface area contributed by atoms with Gasteiger partial charge in [-0.3, -0.25) is 0 Å². The number of anilines is 2. The molecular formula is C13H26N4. The van der Waals surface area contributed by atoms with Crippen molar-refractivity contribution in [1.82, 2.24) is 9.78 Å². The summed E-state index contributed by atoms with van der Waals surface area (Å²) in [6.07, 6.45) is 1.19. The SMILES string of the molecule is CCC(C)CN(CC)c1c(N)c(C)nn1CC. The molecule has 0 aromatic carbocycles. The van der Waals surface area contributed by atoms with Crippen LogP contribution in [0.25, 0.3) is 0 Å². The van der Waals surface area contributed by atoms with Crippen LogP contribution in [0, 0.1) is 12.8 Å². The number of hydrogen-bond acceptors (Lipinski definition) is 3. The summed E-state index contributed by atoms with van der Waals surface area (Å²) < 4.78 is 2.01. The molecule has 0 fully saturated rings. The average molecular weight is 238 g/mol. The van der Waals surface area contributed by atoms with Crippen LogP contribution in [0.3, 0.4) is 0 Å². The molecule has 1 atom stereocenters. The third kappa shape index (κ3) is 2.93. The van der Waals surface area contributed by atoms with Crippen molar-refractivity contribution in [2.75, 3.05) is 23.7 Å². The first-order valence-corrected chi connectivity index (χ1v) is 6.62. The molecule has 0 aliphatic heterocycles. The topological polar surface area (TPSA) is 47.1 Å². The van der Waals surface area contributed by atoms with Gasteiger partial charge in [-0.25, -0.2) is 4.68 Å². The van der Waals surface area contributed by atoms with E-state index in [2.05, 4.69) is 37.7 Å². The van der Waals surface area contributed by atoms with Gasteiger partial charge in [0.15, 0.2) is 5.82 Å². The standard InChI is InChI=1S/C13H26N4/c1-6-10(4)9-16(7-2)13-12(14)11(5)15-17(13)8-3/h10H,6-9,14H2,1-5H3. The van der Waals surface area contributed by atoms with Gasteiger partial charge in [0, 0.05) is 19.6 Å².